The smallest absolute Gasteiger partial charge is 0.258 e. The second-order valence-corrected chi connectivity index (χ2v) is 6.82. The third-order valence-corrected chi connectivity index (χ3v) is 4.64. The minimum absolute atomic E-state index is 0.0938. The third-order valence-electron chi connectivity index (χ3n) is 4.64. The molecule has 1 atom stereocenters. The zero-order valence-electron chi connectivity index (χ0n) is 16.4. The van der Waals surface area contributed by atoms with Gasteiger partial charge in [-0.1, -0.05) is 48.5 Å². The largest absolute Gasteiger partial charge is 0.484 e. The lowest BCUT2D eigenvalue weighted by atomic mass is 10.1. The molecule has 0 saturated carbocycles. The molecule has 2 aromatic carbocycles. The molecule has 0 bridgehead atoms. The number of hydrogen-bond acceptors (Lipinski definition) is 5. The molecule has 0 aliphatic carbocycles. The molecule has 1 aliphatic rings. The monoisotopic (exact) mass is 397 g/mol. The van der Waals surface area contributed by atoms with Crippen molar-refractivity contribution in [2.24, 2.45) is 0 Å². The first-order chi connectivity index (χ1) is 14.2. The van der Waals surface area contributed by atoms with Gasteiger partial charge in [-0.15, -0.1) is 0 Å². The molecule has 0 radical (unpaired) electrons. The molecule has 154 valence electrons. The lowest BCUT2D eigenvalue weighted by Crippen LogP contribution is -2.45. The standard InChI is InChI=1S/C22H27N3O4/c26-21(15-23-22(27)17-29-19-9-5-2-6-10-19)24-20(18-7-3-1-4-8-18)16-25-11-13-28-14-12-25/h1-10,20H,11-17H2,(H,23,27)(H,24,26)/t20-/m1/s1. The van der Waals surface area contributed by atoms with Crippen molar-refractivity contribution in [3.63, 3.8) is 0 Å². The first-order valence-corrected chi connectivity index (χ1v) is 9.79. The van der Waals surface area contributed by atoms with E-state index in [9.17, 15) is 9.59 Å². The van der Waals surface area contributed by atoms with Gasteiger partial charge in [0.1, 0.15) is 5.75 Å². The van der Waals surface area contributed by atoms with Crippen LogP contribution in [0.15, 0.2) is 60.7 Å². The van der Waals surface area contributed by atoms with Crippen molar-refractivity contribution < 1.29 is 19.1 Å². The summed E-state index contributed by atoms with van der Waals surface area (Å²) < 4.78 is 10.8. The van der Waals surface area contributed by atoms with Crippen molar-refractivity contribution in [3.8, 4) is 5.75 Å². The molecule has 29 heavy (non-hydrogen) atoms. The van der Waals surface area contributed by atoms with Crippen molar-refractivity contribution in [1.29, 1.82) is 0 Å². The number of morpholine rings is 1. The Morgan fingerprint density at radius 2 is 1.62 bits per heavy atom. The molecule has 7 nitrogen and oxygen atoms in total. The number of amides is 2. The number of rotatable bonds is 9. The van der Waals surface area contributed by atoms with Crippen LogP contribution in [0, 0.1) is 0 Å². The summed E-state index contributed by atoms with van der Waals surface area (Å²) in [6.45, 7) is 3.56. The molecule has 2 amide bonds. The summed E-state index contributed by atoms with van der Waals surface area (Å²) in [6.07, 6.45) is 0. The van der Waals surface area contributed by atoms with Gasteiger partial charge in [0.05, 0.1) is 25.8 Å². The molecule has 0 aromatic heterocycles. The SMILES string of the molecule is O=C(COc1ccccc1)NCC(=O)N[C@H](CN1CCOCC1)c1ccccc1. The average molecular weight is 397 g/mol. The van der Waals surface area contributed by atoms with Crippen LogP contribution < -0.4 is 15.4 Å². The first kappa shape index (κ1) is 20.8. The van der Waals surface area contributed by atoms with Crippen LogP contribution >= 0.6 is 0 Å². The molecule has 1 aliphatic heterocycles. The van der Waals surface area contributed by atoms with Crippen molar-refractivity contribution in [2.75, 3.05) is 46.0 Å². The summed E-state index contributed by atoms with van der Waals surface area (Å²) in [4.78, 5) is 26.7. The van der Waals surface area contributed by atoms with Gasteiger partial charge in [-0.3, -0.25) is 14.5 Å². The summed E-state index contributed by atoms with van der Waals surface area (Å²) in [7, 11) is 0. The molecule has 3 rings (SSSR count). The van der Waals surface area contributed by atoms with Gasteiger partial charge in [-0.2, -0.15) is 0 Å². The lowest BCUT2D eigenvalue weighted by Gasteiger charge is -2.31. The molecule has 1 saturated heterocycles. The van der Waals surface area contributed by atoms with E-state index in [4.69, 9.17) is 9.47 Å². The number of nitrogens with one attached hydrogen (secondary N) is 2. The van der Waals surface area contributed by atoms with Crippen LogP contribution in [0.25, 0.3) is 0 Å². The zero-order valence-corrected chi connectivity index (χ0v) is 16.4. The topological polar surface area (TPSA) is 79.9 Å². The van der Waals surface area contributed by atoms with E-state index in [1.165, 1.54) is 0 Å². The van der Waals surface area contributed by atoms with E-state index in [0.29, 0.717) is 25.5 Å². The number of nitrogens with zero attached hydrogens (tertiary/aromatic N) is 1. The van der Waals surface area contributed by atoms with Gasteiger partial charge in [-0.25, -0.2) is 0 Å². The van der Waals surface area contributed by atoms with Crippen molar-refractivity contribution in [2.45, 2.75) is 6.04 Å². The fraction of sp³-hybridized carbons (Fsp3) is 0.364. The van der Waals surface area contributed by atoms with E-state index < -0.39 is 0 Å². The van der Waals surface area contributed by atoms with E-state index in [1.807, 2.05) is 48.5 Å². The van der Waals surface area contributed by atoms with Crippen LogP contribution in [0.1, 0.15) is 11.6 Å². The summed E-state index contributed by atoms with van der Waals surface area (Å²) in [5.41, 5.74) is 1.03. The summed E-state index contributed by atoms with van der Waals surface area (Å²) in [5.74, 6) is 0.0374. The predicted molar refractivity (Wildman–Crippen MR) is 110 cm³/mol. The number of benzene rings is 2. The highest BCUT2D eigenvalue weighted by atomic mass is 16.5. The summed E-state index contributed by atoms with van der Waals surface area (Å²) in [6, 6.07) is 18.8. The third kappa shape index (κ3) is 7.21. The Morgan fingerprint density at radius 1 is 0.966 bits per heavy atom. The molecular weight excluding hydrogens is 370 g/mol. The van der Waals surface area contributed by atoms with E-state index in [0.717, 1.165) is 18.7 Å². The van der Waals surface area contributed by atoms with Gasteiger partial charge in [-0.05, 0) is 17.7 Å². The molecular formula is C22H27N3O4. The van der Waals surface area contributed by atoms with Crippen molar-refractivity contribution in [1.82, 2.24) is 15.5 Å². The molecule has 0 spiro atoms. The fourth-order valence-electron chi connectivity index (χ4n) is 3.10. The van der Waals surface area contributed by atoms with Crippen LogP contribution in [0.5, 0.6) is 5.75 Å². The van der Waals surface area contributed by atoms with E-state index >= 15 is 0 Å². The van der Waals surface area contributed by atoms with E-state index in [1.54, 1.807) is 12.1 Å². The van der Waals surface area contributed by atoms with Crippen LogP contribution in [-0.2, 0) is 14.3 Å². The number of ether oxygens (including phenoxy) is 2. The highest BCUT2D eigenvalue weighted by molar-refractivity contribution is 5.85. The Kier molecular flexibility index (Phi) is 8.03. The maximum Gasteiger partial charge on any atom is 0.258 e. The molecule has 2 aromatic rings. The van der Waals surface area contributed by atoms with Gasteiger partial charge < -0.3 is 20.1 Å². The fourth-order valence-corrected chi connectivity index (χ4v) is 3.10. The van der Waals surface area contributed by atoms with Crippen molar-refractivity contribution in [3.05, 3.63) is 66.2 Å². The minimum Gasteiger partial charge on any atom is -0.484 e. The molecule has 0 unspecified atom stereocenters. The number of para-hydroxylation sites is 1. The van der Waals surface area contributed by atoms with Gasteiger partial charge >= 0.3 is 0 Å². The van der Waals surface area contributed by atoms with Gasteiger partial charge in [0, 0.05) is 19.6 Å². The van der Waals surface area contributed by atoms with Gasteiger partial charge in [0.15, 0.2) is 6.61 Å². The van der Waals surface area contributed by atoms with Crippen LogP contribution in [-0.4, -0.2) is 62.7 Å². The Hall–Kier alpha value is -2.90. The quantitative estimate of drug-likeness (QED) is 0.668. The molecule has 7 heteroatoms. The maximum atomic E-state index is 12.4. The highest BCUT2D eigenvalue weighted by Gasteiger charge is 2.20. The van der Waals surface area contributed by atoms with Crippen LogP contribution in [0.3, 0.4) is 0 Å². The van der Waals surface area contributed by atoms with Crippen LogP contribution in [0.2, 0.25) is 0 Å². The van der Waals surface area contributed by atoms with Gasteiger partial charge in [0.25, 0.3) is 5.91 Å². The second kappa shape index (κ2) is 11.2. The average Bonchev–Trinajstić information content (AvgIpc) is 2.78. The lowest BCUT2D eigenvalue weighted by molar-refractivity contribution is -0.127. The van der Waals surface area contributed by atoms with E-state index in [-0.39, 0.29) is 31.0 Å². The number of carbonyl (C=O) groups is 2. The molecule has 2 N–H and O–H groups in total. The van der Waals surface area contributed by atoms with Gasteiger partial charge in [0.2, 0.25) is 5.91 Å². The predicted octanol–water partition coefficient (Wildman–Crippen LogP) is 1.37. The van der Waals surface area contributed by atoms with Crippen LogP contribution in [0.4, 0.5) is 0 Å². The first-order valence-electron chi connectivity index (χ1n) is 9.79. The molecule has 1 fully saturated rings. The maximum absolute atomic E-state index is 12.4. The highest BCUT2D eigenvalue weighted by Crippen LogP contribution is 2.15. The Morgan fingerprint density at radius 3 is 2.31 bits per heavy atom. The Labute approximate surface area is 171 Å². The Balaban J connectivity index is 1.47. The number of hydrogen-bond donors (Lipinski definition) is 2. The summed E-state index contributed by atoms with van der Waals surface area (Å²) >= 11 is 0. The van der Waals surface area contributed by atoms with E-state index in [2.05, 4.69) is 15.5 Å². The number of carbonyl (C=O) groups excluding carboxylic acids is 2. The van der Waals surface area contributed by atoms with Crippen molar-refractivity contribution >= 4 is 11.8 Å². The normalized spacial score (nSPS) is 15.3. The molecule has 1 heterocycles. The minimum atomic E-state index is -0.339. The Bertz CT molecular complexity index is 764. The zero-order chi connectivity index (χ0) is 20.3. The second-order valence-electron chi connectivity index (χ2n) is 6.82. The summed E-state index contributed by atoms with van der Waals surface area (Å²) in [5, 5.41) is 5.64.